The number of aromatic nitrogens is 4. The summed E-state index contributed by atoms with van der Waals surface area (Å²) in [4.78, 5) is 19.1. The number of benzene rings is 2. The number of fused-ring (bicyclic) bond motifs is 1. The van der Waals surface area contributed by atoms with Gasteiger partial charge in [-0.05, 0) is 31.2 Å². The van der Waals surface area contributed by atoms with Gasteiger partial charge in [0.15, 0.2) is 5.65 Å². The molecule has 2 heterocycles. The van der Waals surface area contributed by atoms with Gasteiger partial charge in [0.1, 0.15) is 12.1 Å². The minimum Gasteiger partial charge on any atom is -0.340 e. The van der Waals surface area contributed by atoms with Crippen LogP contribution in [0.4, 0.5) is 17.2 Å². The molecule has 2 aromatic carbocycles. The zero-order valence-corrected chi connectivity index (χ0v) is 13.8. The molecule has 0 radical (unpaired) electrons. The van der Waals surface area contributed by atoms with Gasteiger partial charge in [-0.3, -0.25) is 10.1 Å². The van der Waals surface area contributed by atoms with Gasteiger partial charge in [-0.2, -0.15) is 5.10 Å². The molecule has 4 rings (SSSR count). The minimum absolute atomic E-state index is 0.0305. The van der Waals surface area contributed by atoms with Crippen LogP contribution in [0.3, 0.4) is 0 Å². The van der Waals surface area contributed by atoms with Crippen molar-refractivity contribution >= 4 is 28.2 Å². The number of non-ortho nitro benzene ring substituents is 1. The first kappa shape index (κ1) is 15.7. The van der Waals surface area contributed by atoms with E-state index in [4.69, 9.17) is 0 Å². The maximum atomic E-state index is 10.8. The van der Waals surface area contributed by atoms with Crippen LogP contribution in [0.5, 0.6) is 0 Å². The predicted molar refractivity (Wildman–Crippen MR) is 97.8 cm³/mol. The van der Waals surface area contributed by atoms with Crippen molar-refractivity contribution in [1.82, 2.24) is 19.7 Å². The molecule has 128 valence electrons. The highest BCUT2D eigenvalue weighted by Crippen LogP contribution is 2.28. The van der Waals surface area contributed by atoms with Crippen LogP contribution in [-0.4, -0.2) is 24.7 Å². The highest BCUT2D eigenvalue weighted by atomic mass is 16.6. The number of nitro benzene ring substituents is 1. The van der Waals surface area contributed by atoms with E-state index in [0.717, 1.165) is 16.8 Å². The molecule has 4 aromatic rings. The van der Waals surface area contributed by atoms with Crippen LogP contribution in [0.25, 0.3) is 16.7 Å². The third kappa shape index (κ3) is 2.73. The zero-order valence-electron chi connectivity index (χ0n) is 13.8. The first-order valence-corrected chi connectivity index (χ1v) is 7.91. The van der Waals surface area contributed by atoms with E-state index < -0.39 is 4.92 Å². The molecule has 0 aliphatic carbocycles. The summed E-state index contributed by atoms with van der Waals surface area (Å²) in [6.07, 6.45) is 1.47. The highest BCUT2D eigenvalue weighted by molar-refractivity contribution is 5.91. The second-order valence-corrected chi connectivity index (χ2v) is 5.68. The average Bonchev–Trinajstić information content (AvgIpc) is 3.00. The number of nitro groups is 1. The summed E-state index contributed by atoms with van der Waals surface area (Å²) >= 11 is 0. The van der Waals surface area contributed by atoms with Gasteiger partial charge in [-0.1, -0.05) is 18.2 Å². The maximum Gasteiger partial charge on any atom is 0.269 e. The molecule has 0 unspecified atom stereocenters. The van der Waals surface area contributed by atoms with Crippen molar-refractivity contribution in [2.75, 3.05) is 5.32 Å². The predicted octanol–water partition coefficient (Wildman–Crippen LogP) is 3.78. The fraction of sp³-hybridized carbons (Fsp3) is 0.0556. The Balaban J connectivity index is 1.80. The second kappa shape index (κ2) is 6.25. The lowest BCUT2D eigenvalue weighted by atomic mass is 10.2. The number of hydrogen-bond donors (Lipinski definition) is 1. The van der Waals surface area contributed by atoms with E-state index in [1.165, 1.54) is 18.5 Å². The van der Waals surface area contributed by atoms with Crippen molar-refractivity contribution in [2.45, 2.75) is 6.92 Å². The number of hydrogen-bond acceptors (Lipinski definition) is 6. The Hall–Kier alpha value is -3.81. The van der Waals surface area contributed by atoms with Gasteiger partial charge in [0, 0.05) is 17.8 Å². The summed E-state index contributed by atoms with van der Waals surface area (Å²) in [7, 11) is 0. The van der Waals surface area contributed by atoms with Crippen molar-refractivity contribution in [3.8, 4) is 5.69 Å². The molecule has 0 aliphatic heterocycles. The molecular weight excluding hydrogens is 332 g/mol. The lowest BCUT2D eigenvalue weighted by molar-refractivity contribution is -0.384. The number of aryl methyl sites for hydroxylation is 1. The Bertz CT molecular complexity index is 1090. The van der Waals surface area contributed by atoms with E-state index in [2.05, 4.69) is 20.4 Å². The Labute approximate surface area is 148 Å². The van der Waals surface area contributed by atoms with Crippen molar-refractivity contribution in [2.24, 2.45) is 0 Å². The average molecular weight is 346 g/mol. The van der Waals surface area contributed by atoms with Gasteiger partial charge in [0.2, 0.25) is 0 Å². The number of rotatable bonds is 4. The Morgan fingerprint density at radius 2 is 1.77 bits per heavy atom. The van der Waals surface area contributed by atoms with Crippen LogP contribution >= 0.6 is 0 Å². The van der Waals surface area contributed by atoms with Gasteiger partial charge in [-0.15, -0.1) is 0 Å². The lowest BCUT2D eigenvalue weighted by Gasteiger charge is -2.07. The van der Waals surface area contributed by atoms with Gasteiger partial charge in [0.05, 0.1) is 21.7 Å². The molecule has 0 saturated carbocycles. The second-order valence-electron chi connectivity index (χ2n) is 5.68. The van der Waals surface area contributed by atoms with E-state index in [1.807, 2.05) is 37.3 Å². The summed E-state index contributed by atoms with van der Waals surface area (Å²) in [6.45, 7) is 1.88. The van der Waals surface area contributed by atoms with Crippen molar-refractivity contribution in [3.63, 3.8) is 0 Å². The summed E-state index contributed by atoms with van der Waals surface area (Å²) in [5.74, 6) is 0.659. The topological polar surface area (TPSA) is 98.8 Å². The molecular formula is C18H14N6O2. The van der Waals surface area contributed by atoms with E-state index in [1.54, 1.807) is 16.8 Å². The minimum atomic E-state index is -0.430. The van der Waals surface area contributed by atoms with Crippen LogP contribution in [0.15, 0.2) is 60.9 Å². The maximum absolute atomic E-state index is 10.8. The van der Waals surface area contributed by atoms with Crippen LogP contribution in [0, 0.1) is 17.0 Å². The third-order valence-corrected chi connectivity index (χ3v) is 3.98. The highest BCUT2D eigenvalue weighted by Gasteiger charge is 2.16. The summed E-state index contributed by atoms with van der Waals surface area (Å²) in [6, 6.07) is 15.9. The van der Waals surface area contributed by atoms with Gasteiger partial charge in [-0.25, -0.2) is 14.6 Å². The van der Waals surface area contributed by atoms with Crippen molar-refractivity contribution in [3.05, 3.63) is 76.7 Å². The van der Waals surface area contributed by atoms with Gasteiger partial charge >= 0.3 is 0 Å². The SMILES string of the molecule is Cc1nn(-c2ccc([N+](=O)[O-])cc2)c2ncnc(Nc3ccccc3)c12. The van der Waals surface area contributed by atoms with E-state index in [-0.39, 0.29) is 5.69 Å². The van der Waals surface area contributed by atoms with Gasteiger partial charge < -0.3 is 5.32 Å². The Kier molecular flexibility index (Phi) is 3.77. The molecule has 0 aliphatic rings. The Morgan fingerprint density at radius 1 is 1.04 bits per heavy atom. The molecule has 0 fully saturated rings. The lowest BCUT2D eigenvalue weighted by Crippen LogP contribution is -2.00. The summed E-state index contributed by atoms with van der Waals surface area (Å²) in [5.41, 5.74) is 3.03. The first-order valence-electron chi connectivity index (χ1n) is 7.91. The number of anilines is 2. The molecule has 8 nitrogen and oxygen atoms in total. The molecule has 8 heteroatoms. The number of nitrogens with zero attached hydrogens (tertiary/aromatic N) is 5. The van der Waals surface area contributed by atoms with E-state index >= 15 is 0 Å². The summed E-state index contributed by atoms with van der Waals surface area (Å²) < 4.78 is 1.66. The monoisotopic (exact) mass is 346 g/mol. The van der Waals surface area contributed by atoms with Gasteiger partial charge in [0.25, 0.3) is 5.69 Å². The molecule has 1 N–H and O–H groups in total. The van der Waals surface area contributed by atoms with Crippen LogP contribution in [0.2, 0.25) is 0 Å². The fourth-order valence-electron chi connectivity index (χ4n) is 2.77. The number of nitrogens with one attached hydrogen (secondary N) is 1. The van der Waals surface area contributed by atoms with Crippen molar-refractivity contribution in [1.29, 1.82) is 0 Å². The molecule has 0 saturated heterocycles. The molecule has 0 spiro atoms. The fourth-order valence-corrected chi connectivity index (χ4v) is 2.77. The molecule has 2 aromatic heterocycles. The largest absolute Gasteiger partial charge is 0.340 e. The van der Waals surface area contributed by atoms with E-state index in [9.17, 15) is 10.1 Å². The third-order valence-electron chi connectivity index (χ3n) is 3.98. The number of para-hydroxylation sites is 1. The van der Waals surface area contributed by atoms with Crippen LogP contribution in [0.1, 0.15) is 5.69 Å². The van der Waals surface area contributed by atoms with Crippen LogP contribution < -0.4 is 5.32 Å². The smallest absolute Gasteiger partial charge is 0.269 e. The van der Waals surface area contributed by atoms with Crippen LogP contribution in [-0.2, 0) is 0 Å². The standard InChI is InChI=1S/C18H14N6O2/c1-12-16-17(21-13-5-3-2-4-6-13)19-11-20-18(16)23(22-12)14-7-9-15(10-8-14)24(25)26/h2-11H,1H3,(H,19,20,21). The molecule has 26 heavy (non-hydrogen) atoms. The molecule has 0 atom stereocenters. The quantitative estimate of drug-likeness (QED) is 0.446. The summed E-state index contributed by atoms with van der Waals surface area (Å²) in [5, 5.41) is 19.5. The van der Waals surface area contributed by atoms with Crippen molar-refractivity contribution < 1.29 is 4.92 Å². The normalized spacial score (nSPS) is 10.8. The Morgan fingerprint density at radius 3 is 2.46 bits per heavy atom. The molecule has 0 bridgehead atoms. The zero-order chi connectivity index (χ0) is 18.1. The van der Waals surface area contributed by atoms with E-state index in [0.29, 0.717) is 17.2 Å². The molecule has 0 amide bonds. The first-order chi connectivity index (χ1) is 12.6.